The van der Waals surface area contributed by atoms with Crippen molar-refractivity contribution in [3.8, 4) is 0 Å². The van der Waals surface area contributed by atoms with Crippen LogP contribution in [0.15, 0.2) is 12.4 Å². The summed E-state index contributed by atoms with van der Waals surface area (Å²) in [5, 5.41) is 3.03. The van der Waals surface area contributed by atoms with Crippen molar-refractivity contribution in [2.75, 3.05) is 13.1 Å². The summed E-state index contributed by atoms with van der Waals surface area (Å²) in [6.07, 6.45) is 6.58. The van der Waals surface area contributed by atoms with E-state index >= 15 is 0 Å². The molecule has 2 heterocycles. The van der Waals surface area contributed by atoms with Gasteiger partial charge in [0.2, 0.25) is 5.91 Å². The van der Waals surface area contributed by atoms with E-state index < -0.39 is 0 Å². The van der Waals surface area contributed by atoms with Crippen molar-refractivity contribution in [2.45, 2.75) is 44.4 Å². The van der Waals surface area contributed by atoms with Gasteiger partial charge >= 0.3 is 0 Å². The number of rotatable bonds is 5. The van der Waals surface area contributed by atoms with Crippen LogP contribution in [0, 0.1) is 0 Å². The number of amides is 1. The Bertz CT molecular complexity index is 454. The molecule has 6 nitrogen and oxygen atoms in total. The summed E-state index contributed by atoms with van der Waals surface area (Å²) in [5.41, 5.74) is 5.84. The van der Waals surface area contributed by atoms with Gasteiger partial charge in [0, 0.05) is 50.5 Å². The molecule has 1 aromatic rings. The molecule has 1 saturated carbocycles. The van der Waals surface area contributed by atoms with Crippen molar-refractivity contribution in [1.29, 1.82) is 0 Å². The van der Waals surface area contributed by atoms with Crippen molar-refractivity contribution in [2.24, 2.45) is 5.73 Å². The molecular formula is C13H21N5O. The first-order chi connectivity index (χ1) is 9.26. The normalized spacial score (nSPS) is 20.9. The number of nitrogens with two attached hydrogens (primary N) is 1. The third-order valence-electron chi connectivity index (χ3n) is 3.93. The van der Waals surface area contributed by atoms with E-state index in [4.69, 9.17) is 5.73 Å². The molecule has 1 fully saturated rings. The first-order valence-corrected chi connectivity index (χ1v) is 6.99. The highest BCUT2D eigenvalue weighted by atomic mass is 16.1. The van der Waals surface area contributed by atoms with Gasteiger partial charge < -0.3 is 15.6 Å². The quantitative estimate of drug-likeness (QED) is 0.764. The number of carbonyl (C=O) groups excluding carboxylic acids is 1. The molecule has 3 rings (SSSR count). The number of fused-ring (bicyclic) bond motifs is 1. The van der Waals surface area contributed by atoms with Gasteiger partial charge in [0.05, 0.1) is 6.54 Å². The maximum atomic E-state index is 11.9. The van der Waals surface area contributed by atoms with Crippen molar-refractivity contribution in [3.63, 3.8) is 0 Å². The number of imidazole rings is 1. The minimum absolute atomic E-state index is 0.115. The second-order valence-corrected chi connectivity index (χ2v) is 5.44. The molecule has 104 valence electrons. The van der Waals surface area contributed by atoms with Crippen LogP contribution in [0.1, 0.15) is 25.1 Å². The van der Waals surface area contributed by atoms with Gasteiger partial charge in [0.1, 0.15) is 5.82 Å². The Morgan fingerprint density at radius 1 is 1.53 bits per heavy atom. The molecule has 0 radical (unpaired) electrons. The van der Waals surface area contributed by atoms with Crippen molar-refractivity contribution in [3.05, 3.63) is 18.2 Å². The van der Waals surface area contributed by atoms with Crippen LogP contribution in [0.5, 0.6) is 0 Å². The van der Waals surface area contributed by atoms with E-state index in [0.29, 0.717) is 19.0 Å². The van der Waals surface area contributed by atoms with Crippen LogP contribution in [0.25, 0.3) is 0 Å². The van der Waals surface area contributed by atoms with Gasteiger partial charge in [-0.05, 0) is 12.8 Å². The van der Waals surface area contributed by atoms with E-state index in [1.54, 1.807) is 0 Å². The maximum Gasteiger partial charge on any atom is 0.221 e. The summed E-state index contributed by atoms with van der Waals surface area (Å²) in [6, 6.07) is 0.537. The molecule has 3 N–H and O–H groups in total. The number of aromatic nitrogens is 2. The van der Waals surface area contributed by atoms with E-state index in [1.807, 2.05) is 12.4 Å². The number of hydrogen-bond donors (Lipinski definition) is 2. The summed E-state index contributed by atoms with van der Waals surface area (Å²) in [5.74, 6) is 1.19. The summed E-state index contributed by atoms with van der Waals surface area (Å²) in [7, 11) is 0. The van der Waals surface area contributed by atoms with Crippen LogP contribution >= 0.6 is 0 Å². The maximum absolute atomic E-state index is 11.9. The van der Waals surface area contributed by atoms with Crippen LogP contribution < -0.4 is 11.1 Å². The van der Waals surface area contributed by atoms with Gasteiger partial charge in [-0.1, -0.05) is 0 Å². The molecule has 0 aromatic carbocycles. The van der Waals surface area contributed by atoms with Crippen molar-refractivity contribution < 1.29 is 4.79 Å². The molecule has 1 aliphatic heterocycles. The van der Waals surface area contributed by atoms with E-state index in [0.717, 1.165) is 38.3 Å². The second-order valence-electron chi connectivity index (χ2n) is 5.44. The molecular weight excluding hydrogens is 242 g/mol. The Morgan fingerprint density at radius 3 is 3.11 bits per heavy atom. The second kappa shape index (κ2) is 5.30. The molecule has 0 spiro atoms. The Kier molecular flexibility index (Phi) is 3.52. The summed E-state index contributed by atoms with van der Waals surface area (Å²) in [4.78, 5) is 18.5. The lowest BCUT2D eigenvalue weighted by Gasteiger charge is -2.33. The van der Waals surface area contributed by atoms with E-state index in [1.165, 1.54) is 0 Å². The predicted octanol–water partition coefficient (Wildman–Crippen LogP) is -0.305. The topological polar surface area (TPSA) is 76.2 Å². The molecule has 1 unspecified atom stereocenters. The highest BCUT2D eigenvalue weighted by Crippen LogP contribution is 2.19. The Labute approximate surface area is 113 Å². The lowest BCUT2D eigenvalue weighted by atomic mass is 10.1. The number of carbonyl (C=O) groups is 1. The van der Waals surface area contributed by atoms with E-state index in [-0.39, 0.29) is 11.9 Å². The SMILES string of the molecule is NCC(CC(=O)NC1CC1)N1CCn2ccnc2C1. The van der Waals surface area contributed by atoms with Gasteiger partial charge in [-0.15, -0.1) is 0 Å². The fraction of sp³-hybridized carbons (Fsp3) is 0.692. The molecule has 19 heavy (non-hydrogen) atoms. The number of hydrogen-bond acceptors (Lipinski definition) is 4. The Morgan fingerprint density at radius 2 is 2.37 bits per heavy atom. The molecule has 1 atom stereocenters. The first-order valence-electron chi connectivity index (χ1n) is 6.99. The first kappa shape index (κ1) is 12.6. The predicted molar refractivity (Wildman–Crippen MR) is 71.3 cm³/mol. The smallest absolute Gasteiger partial charge is 0.221 e. The van der Waals surface area contributed by atoms with Crippen LogP contribution in [-0.2, 0) is 17.9 Å². The van der Waals surface area contributed by atoms with Crippen molar-refractivity contribution >= 4 is 5.91 Å². The monoisotopic (exact) mass is 263 g/mol. The van der Waals surface area contributed by atoms with Gasteiger partial charge in [-0.2, -0.15) is 0 Å². The average Bonchev–Trinajstić information content (AvgIpc) is 3.09. The third kappa shape index (κ3) is 2.96. The van der Waals surface area contributed by atoms with E-state index in [2.05, 4.69) is 19.8 Å². The zero-order valence-corrected chi connectivity index (χ0v) is 11.1. The van der Waals surface area contributed by atoms with Crippen LogP contribution in [0.4, 0.5) is 0 Å². The Hall–Kier alpha value is -1.40. The minimum Gasteiger partial charge on any atom is -0.353 e. The highest BCUT2D eigenvalue weighted by Gasteiger charge is 2.28. The number of nitrogens with one attached hydrogen (secondary N) is 1. The van der Waals surface area contributed by atoms with E-state index in [9.17, 15) is 4.79 Å². The van der Waals surface area contributed by atoms with Crippen LogP contribution in [0.2, 0.25) is 0 Å². The molecule has 1 amide bonds. The summed E-state index contributed by atoms with van der Waals surface area (Å²) >= 11 is 0. The fourth-order valence-corrected chi connectivity index (χ4v) is 2.59. The van der Waals surface area contributed by atoms with Crippen LogP contribution in [0.3, 0.4) is 0 Å². The lowest BCUT2D eigenvalue weighted by Crippen LogP contribution is -2.47. The van der Waals surface area contributed by atoms with Gasteiger partial charge in [0.25, 0.3) is 0 Å². The molecule has 1 aromatic heterocycles. The van der Waals surface area contributed by atoms with Gasteiger partial charge in [-0.25, -0.2) is 4.98 Å². The van der Waals surface area contributed by atoms with Crippen molar-refractivity contribution in [1.82, 2.24) is 19.8 Å². The summed E-state index contributed by atoms with van der Waals surface area (Å²) < 4.78 is 2.16. The molecule has 0 saturated heterocycles. The van der Waals surface area contributed by atoms with Crippen LogP contribution in [-0.4, -0.2) is 45.5 Å². The Balaban J connectivity index is 1.58. The fourth-order valence-electron chi connectivity index (χ4n) is 2.59. The average molecular weight is 263 g/mol. The zero-order valence-electron chi connectivity index (χ0n) is 11.1. The molecule has 0 bridgehead atoms. The molecule has 6 heteroatoms. The molecule has 2 aliphatic rings. The number of nitrogens with zero attached hydrogens (tertiary/aromatic N) is 3. The lowest BCUT2D eigenvalue weighted by molar-refractivity contribution is -0.122. The summed E-state index contributed by atoms with van der Waals surface area (Å²) in [6.45, 7) is 3.16. The molecule has 1 aliphatic carbocycles. The largest absolute Gasteiger partial charge is 0.353 e. The standard InChI is InChI=1S/C13H21N5O/c14-8-11(7-13(19)16-10-1-2-10)18-6-5-17-4-3-15-12(17)9-18/h3-4,10-11H,1-2,5-9,14H2,(H,16,19). The van der Waals surface area contributed by atoms with Gasteiger partial charge in [-0.3, -0.25) is 9.69 Å². The minimum atomic E-state index is 0.115. The third-order valence-corrected chi connectivity index (χ3v) is 3.93. The van der Waals surface area contributed by atoms with Gasteiger partial charge in [0.15, 0.2) is 0 Å². The zero-order chi connectivity index (χ0) is 13.2. The highest BCUT2D eigenvalue weighted by molar-refractivity contribution is 5.77.